The fourth-order valence-electron chi connectivity index (χ4n) is 0.191. The first kappa shape index (κ1) is 7.94. The highest BCUT2D eigenvalue weighted by Gasteiger charge is 1.74. The Bertz CT molecular complexity index is 89.1. The van der Waals surface area contributed by atoms with E-state index in [1.54, 1.807) is 0 Å². The predicted molar refractivity (Wildman–Crippen MR) is 27.5 cm³/mol. The maximum absolute atomic E-state index is 11.0. The largest absolute Gasteiger partial charge is 0.463 e. The Morgan fingerprint density at radius 2 is 1.44 bits per heavy atom. The fraction of sp³-hybridized carbons (Fsp3) is 0.200. The number of hydrogen-bond donors (Lipinski definition) is 0. The van der Waals surface area contributed by atoms with E-state index in [0.29, 0.717) is 0 Å². The van der Waals surface area contributed by atoms with Crippen molar-refractivity contribution >= 4 is 0 Å². The van der Waals surface area contributed by atoms with Crippen LogP contribution in [0.2, 0.25) is 0 Å². The van der Waals surface area contributed by atoms with Crippen LogP contribution in [-0.4, -0.2) is 6.79 Å². The molecule has 9 heavy (non-hydrogen) atoms. The summed E-state index contributed by atoms with van der Waals surface area (Å²) in [6, 6.07) is 0. The van der Waals surface area contributed by atoms with Gasteiger partial charge in [0.2, 0.25) is 6.79 Å². The zero-order valence-electron chi connectivity index (χ0n) is 4.59. The first-order valence-corrected chi connectivity index (χ1v) is 2.15. The van der Waals surface area contributed by atoms with Crippen LogP contribution in [0.15, 0.2) is 25.2 Å². The molecule has 0 spiro atoms. The average Bonchev–Trinajstić information content (AvgIpc) is 1.89. The highest BCUT2D eigenvalue weighted by molar-refractivity contribution is 4.58. The molecule has 0 saturated heterocycles. The Morgan fingerprint density at radius 3 is 1.78 bits per heavy atom. The molecular weight excluding hydrogens is 130 g/mol. The molecule has 0 aliphatic rings. The van der Waals surface area contributed by atoms with Gasteiger partial charge in [-0.25, -0.2) is 8.78 Å². The molecule has 0 aliphatic carbocycles. The Hall–Kier alpha value is -1.06. The number of rotatable bonds is 4. The van der Waals surface area contributed by atoms with Crippen LogP contribution in [-0.2, 0) is 9.47 Å². The third-order valence-corrected chi connectivity index (χ3v) is 0.431. The monoisotopic (exact) mass is 136 g/mol. The van der Waals surface area contributed by atoms with Crippen molar-refractivity contribution in [1.82, 2.24) is 0 Å². The molecule has 0 N–H and O–H groups in total. The minimum absolute atomic E-state index is 0.194. The summed E-state index contributed by atoms with van der Waals surface area (Å²) in [5.41, 5.74) is 0. The van der Waals surface area contributed by atoms with E-state index in [2.05, 4.69) is 9.47 Å². The van der Waals surface area contributed by atoms with Gasteiger partial charge in [0.15, 0.2) is 0 Å². The lowest BCUT2D eigenvalue weighted by atomic mass is 11.1. The van der Waals surface area contributed by atoms with Gasteiger partial charge in [-0.15, -0.1) is 0 Å². The Labute approximate surface area is 51.4 Å². The summed E-state index contributed by atoms with van der Waals surface area (Å²) in [5.74, 6) is 0. The highest BCUT2D eigenvalue weighted by Crippen LogP contribution is 1.82. The van der Waals surface area contributed by atoms with Crippen molar-refractivity contribution in [2.45, 2.75) is 0 Å². The van der Waals surface area contributed by atoms with E-state index in [1.807, 2.05) is 0 Å². The SMILES string of the molecule is FC=COCOC=CF. The third kappa shape index (κ3) is 6.94. The molecule has 0 rings (SSSR count). The van der Waals surface area contributed by atoms with Crippen molar-refractivity contribution in [3.63, 3.8) is 0 Å². The van der Waals surface area contributed by atoms with E-state index < -0.39 is 0 Å². The standard InChI is InChI=1S/C5H6F2O2/c6-1-3-8-5-9-4-2-7/h1-4H,5H2. The molecule has 0 aromatic heterocycles. The van der Waals surface area contributed by atoms with Gasteiger partial charge >= 0.3 is 0 Å². The second-order valence-corrected chi connectivity index (χ2v) is 0.975. The van der Waals surface area contributed by atoms with Crippen LogP contribution in [0.25, 0.3) is 0 Å². The van der Waals surface area contributed by atoms with Crippen molar-refractivity contribution in [2.75, 3.05) is 6.79 Å². The minimum Gasteiger partial charge on any atom is -0.463 e. The molecule has 0 fully saturated rings. The first-order valence-electron chi connectivity index (χ1n) is 2.15. The summed E-state index contributed by atoms with van der Waals surface area (Å²) in [7, 11) is 0. The van der Waals surface area contributed by atoms with Crippen molar-refractivity contribution < 1.29 is 18.3 Å². The molecule has 0 aromatic carbocycles. The molecule has 0 heterocycles. The van der Waals surface area contributed by atoms with Crippen molar-refractivity contribution in [1.29, 1.82) is 0 Å². The van der Waals surface area contributed by atoms with Gasteiger partial charge in [0.25, 0.3) is 0 Å². The molecule has 2 nitrogen and oxygen atoms in total. The van der Waals surface area contributed by atoms with E-state index in [0.717, 1.165) is 12.5 Å². The highest BCUT2D eigenvalue weighted by atomic mass is 19.1. The second-order valence-electron chi connectivity index (χ2n) is 0.975. The third-order valence-electron chi connectivity index (χ3n) is 0.431. The minimum atomic E-state index is -0.194. The number of ether oxygens (including phenoxy) is 2. The summed E-state index contributed by atoms with van der Waals surface area (Å²) >= 11 is 0. The molecule has 0 aromatic rings. The van der Waals surface area contributed by atoms with Crippen LogP contribution in [0.5, 0.6) is 0 Å². The van der Waals surface area contributed by atoms with Crippen LogP contribution < -0.4 is 0 Å². The average molecular weight is 136 g/mol. The van der Waals surface area contributed by atoms with Gasteiger partial charge in [-0.05, 0) is 0 Å². The van der Waals surface area contributed by atoms with Crippen molar-refractivity contribution in [3.8, 4) is 0 Å². The molecule has 0 unspecified atom stereocenters. The van der Waals surface area contributed by atoms with E-state index in [9.17, 15) is 8.78 Å². The quantitative estimate of drug-likeness (QED) is 0.333. The smallest absolute Gasteiger partial charge is 0.229 e. The Kier molecular flexibility index (Phi) is 6.12. The zero-order valence-corrected chi connectivity index (χ0v) is 4.59. The van der Waals surface area contributed by atoms with E-state index in [4.69, 9.17) is 0 Å². The molecule has 0 saturated carbocycles. The summed E-state index contributed by atoms with van der Waals surface area (Å²) in [6.07, 6.45) is 2.02. The fourth-order valence-corrected chi connectivity index (χ4v) is 0.191. The molecular formula is C5H6F2O2. The van der Waals surface area contributed by atoms with E-state index in [-0.39, 0.29) is 19.5 Å². The molecule has 0 atom stereocenters. The van der Waals surface area contributed by atoms with Crippen LogP contribution in [0.4, 0.5) is 8.78 Å². The van der Waals surface area contributed by atoms with Gasteiger partial charge in [-0.1, -0.05) is 0 Å². The molecule has 0 bridgehead atoms. The topological polar surface area (TPSA) is 18.5 Å². The van der Waals surface area contributed by atoms with Gasteiger partial charge in [0, 0.05) is 0 Å². The molecule has 0 aliphatic heterocycles. The van der Waals surface area contributed by atoms with Gasteiger partial charge in [0.1, 0.15) is 25.2 Å². The van der Waals surface area contributed by atoms with Gasteiger partial charge < -0.3 is 9.47 Å². The summed E-state index contributed by atoms with van der Waals surface area (Å²) in [4.78, 5) is 0. The maximum atomic E-state index is 11.0. The van der Waals surface area contributed by atoms with Gasteiger partial charge in [-0.2, -0.15) is 0 Å². The van der Waals surface area contributed by atoms with Crippen LogP contribution in [0.1, 0.15) is 0 Å². The van der Waals surface area contributed by atoms with E-state index >= 15 is 0 Å². The first-order chi connectivity index (χ1) is 4.41. The molecule has 4 heteroatoms. The van der Waals surface area contributed by atoms with E-state index in [1.165, 1.54) is 0 Å². The van der Waals surface area contributed by atoms with Crippen LogP contribution in [0, 0.1) is 0 Å². The normalized spacial score (nSPS) is 10.9. The van der Waals surface area contributed by atoms with Crippen molar-refractivity contribution in [3.05, 3.63) is 25.2 Å². The zero-order chi connectivity index (χ0) is 6.95. The maximum Gasteiger partial charge on any atom is 0.229 e. The predicted octanol–water partition coefficient (Wildman–Crippen LogP) is 1.86. The van der Waals surface area contributed by atoms with Crippen LogP contribution in [0.3, 0.4) is 0 Å². The number of hydrogen-bond acceptors (Lipinski definition) is 2. The lowest BCUT2D eigenvalue weighted by molar-refractivity contribution is 0.0426. The Balaban J connectivity index is 2.91. The molecule has 0 radical (unpaired) electrons. The summed E-state index contributed by atoms with van der Waals surface area (Å²) in [6.45, 7) is -0.194. The van der Waals surface area contributed by atoms with Crippen LogP contribution >= 0.6 is 0 Å². The molecule has 0 amide bonds. The summed E-state index contributed by atoms with van der Waals surface area (Å²) < 4.78 is 30.7. The van der Waals surface area contributed by atoms with Gasteiger partial charge in [-0.3, -0.25) is 0 Å². The van der Waals surface area contributed by atoms with Gasteiger partial charge in [0.05, 0.1) is 0 Å². The lowest BCUT2D eigenvalue weighted by Crippen LogP contribution is -1.86. The summed E-state index contributed by atoms with van der Waals surface area (Å²) in [5, 5.41) is 0. The second kappa shape index (κ2) is 6.94. The number of halogens is 2. The van der Waals surface area contributed by atoms with Crippen molar-refractivity contribution in [2.24, 2.45) is 0 Å². The Morgan fingerprint density at radius 1 is 1.00 bits per heavy atom. The molecule has 52 valence electrons. The lowest BCUT2D eigenvalue weighted by Gasteiger charge is -1.95.